The molecule has 1 aliphatic rings. The summed E-state index contributed by atoms with van der Waals surface area (Å²) in [5.41, 5.74) is 1.24. The maximum Gasteiger partial charge on any atom is 0.394 e. The van der Waals surface area contributed by atoms with Crippen molar-refractivity contribution in [3.05, 3.63) is 35.9 Å². The predicted molar refractivity (Wildman–Crippen MR) is 73.6 cm³/mol. The van der Waals surface area contributed by atoms with Crippen LogP contribution in [0.4, 0.5) is 13.2 Å². The summed E-state index contributed by atoms with van der Waals surface area (Å²) in [4.78, 5) is 1.93. The Balaban J connectivity index is 1.79. The van der Waals surface area contributed by atoms with Crippen molar-refractivity contribution in [2.75, 3.05) is 32.7 Å². The predicted octanol–water partition coefficient (Wildman–Crippen LogP) is 2.70. The standard InChI is InChI=1S/C15H21F3N2/c16-15(17,18)14-11-19-8-10-20(12-14)9-4-7-13-5-2-1-3-6-13/h1-3,5-6,14,19H,4,7-12H2. The molecular weight excluding hydrogens is 265 g/mol. The zero-order chi connectivity index (χ0) is 14.4. The summed E-state index contributed by atoms with van der Waals surface area (Å²) in [6, 6.07) is 10.1. The number of halogens is 3. The lowest BCUT2D eigenvalue weighted by Gasteiger charge is -2.25. The Kier molecular flexibility index (Phi) is 5.43. The van der Waals surface area contributed by atoms with Crippen LogP contribution in [-0.2, 0) is 6.42 Å². The molecule has 1 fully saturated rings. The van der Waals surface area contributed by atoms with Gasteiger partial charge in [-0.15, -0.1) is 0 Å². The molecule has 1 aromatic rings. The second kappa shape index (κ2) is 7.09. The zero-order valence-electron chi connectivity index (χ0n) is 11.5. The lowest BCUT2D eigenvalue weighted by molar-refractivity contribution is -0.175. The molecule has 2 rings (SSSR count). The highest BCUT2D eigenvalue weighted by molar-refractivity contribution is 5.14. The van der Waals surface area contributed by atoms with E-state index in [2.05, 4.69) is 17.4 Å². The van der Waals surface area contributed by atoms with Gasteiger partial charge in [-0.2, -0.15) is 13.2 Å². The van der Waals surface area contributed by atoms with E-state index in [1.807, 2.05) is 23.1 Å². The molecule has 0 amide bonds. The lowest BCUT2D eigenvalue weighted by atomic mass is 10.1. The summed E-state index contributed by atoms with van der Waals surface area (Å²) < 4.78 is 38.4. The number of hydrogen-bond acceptors (Lipinski definition) is 2. The first kappa shape index (κ1) is 15.3. The monoisotopic (exact) mass is 286 g/mol. The van der Waals surface area contributed by atoms with Crippen LogP contribution >= 0.6 is 0 Å². The van der Waals surface area contributed by atoms with E-state index >= 15 is 0 Å². The Hall–Kier alpha value is -1.07. The molecule has 1 unspecified atom stereocenters. The van der Waals surface area contributed by atoms with Crippen molar-refractivity contribution >= 4 is 0 Å². The van der Waals surface area contributed by atoms with E-state index in [0.717, 1.165) is 19.4 Å². The molecule has 20 heavy (non-hydrogen) atoms. The van der Waals surface area contributed by atoms with Gasteiger partial charge >= 0.3 is 6.18 Å². The molecule has 112 valence electrons. The molecule has 0 aliphatic carbocycles. The van der Waals surface area contributed by atoms with Crippen molar-refractivity contribution < 1.29 is 13.2 Å². The van der Waals surface area contributed by atoms with Gasteiger partial charge in [-0.1, -0.05) is 30.3 Å². The highest BCUT2D eigenvalue weighted by Gasteiger charge is 2.40. The van der Waals surface area contributed by atoms with Crippen molar-refractivity contribution in [3.8, 4) is 0 Å². The number of rotatable bonds is 4. The number of hydrogen-bond donors (Lipinski definition) is 1. The molecule has 0 radical (unpaired) electrons. The van der Waals surface area contributed by atoms with Gasteiger partial charge in [0, 0.05) is 26.2 Å². The molecule has 1 aliphatic heterocycles. The van der Waals surface area contributed by atoms with E-state index in [4.69, 9.17) is 0 Å². The Morgan fingerprint density at radius 2 is 1.95 bits per heavy atom. The van der Waals surface area contributed by atoms with E-state index in [-0.39, 0.29) is 13.1 Å². The van der Waals surface area contributed by atoms with Gasteiger partial charge in [-0.3, -0.25) is 0 Å². The maximum absolute atomic E-state index is 12.8. The quantitative estimate of drug-likeness (QED) is 0.915. The average Bonchev–Trinajstić information content (AvgIpc) is 2.65. The van der Waals surface area contributed by atoms with Gasteiger partial charge in [0.25, 0.3) is 0 Å². The Morgan fingerprint density at radius 1 is 1.20 bits per heavy atom. The third kappa shape index (κ3) is 4.80. The number of alkyl halides is 3. The van der Waals surface area contributed by atoms with Crippen LogP contribution in [0.25, 0.3) is 0 Å². The third-order valence-electron chi connectivity index (χ3n) is 3.72. The molecule has 5 heteroatoms. The normalized spacial score (nSPS) is 21.6. The van der Waals surface area contributed by atoms with Gasteiger partial charge in [-0.05, 0) is 24.9 Å². The second-order valence-corrected chi connectivity index (χ2v) is 5.33. The summed E-state index contributed by atoms with van der Waals surface area (Å²) in [5.74, 6) is -1.25. The zero-order valence-corrected chi connectivity index (χ0v) is 11.5. The highest BCUT2D eigenvalue weighted by atomic mass is 19.4. The van der Waals surface area contributed by atoms with Crippen LogP contribution in [0.2, 0.25) is 0 Å². The minimum Gasteiger partial charge on any atom is -0.315 e. The van der Waals surface area contributed by atoms with Crippen molar-refractivity contribution in [2.24, 2.45) is 5.92 Å². The number of aryl methyl sites for hydroxylation is 1. The Morgan fingerprint density at radius 3 is 2.65 bits per heavy atom. The fraction of sp³-hybridized carbons (Fsp3) is 0.600. The number of benzene rings is 1. The highest BCUT2D eigenvalue weighted by Crippen LogP contribution is 2.27. The molecule has 0 spiro atoms. The van der Waals surface area contributed by atoms with Gasteiger partial charge in [0.2, 0.25) is 0 Å². The van der Waals surface area contributed by atoms with E-state index in [1.54, 1.807) is 0 Å². The van der Waals surface area contributed by atoms with Gasteiger partial charge in [0.15, 0.2) is 0 Å². The molecule has 1 saturated heterocycles. The van der Waals surface area contributed by atoms with Crippen molar-refractivity contribution in [1.29, 1.82) is 0 Å². The molecule has 1 atom stereocenters. The van der Waals surface area contributed by atoms with Gasteiger partial charge in [0.05, 0.1) is 5.92 Å². The molecule has 1 aromatic carbocycles. The van der Waals surface area contributed by atoms with E-state index in [1.165, 1.54) is 5.56 Å². The van der Waals surface area contributed by atoms with Crippen LogP contribution in [0.15, 0.2) is 30.3 Å². The molecular formula is C15H21F3N2. The molecule has 0 saturated carbocycles. The first-order valence-electron chi connectivity index (χ1n) is 7.09. The molecule has 0 aromatic heterocycles. The summed E-state index contributed by atoms with van der Waals surface area (Å²) in [6.07, 6.45) is -2.29. The average molecular weight is 286 g/mol. The lowest BCUT2D eigenvalue weighted by Crippen LogP contribution is -2.38. The second-order valence-electron chi connectivity index (χ2n) is 5.33. The van der Waals surface area contributed by atoms with Crippen LogP contribution in [0.1, 0.15) is 12.0 Å². The summed E-state index contributed by atoms with van der Waals surface area (Å²) in [5, 5.41) is 2.88. The fourth-order valence-corrected chi connectivity index (χ4v) is 2.55. The molecule has 2 nitrogen and oxygen atoms in total. The van der Waals surface area contributed by atoms with Gasteiger partial charge in [-0.25, -0.2) is 0 Å². The van der Waals surface area contributed by atoms with Crippen LogP contribution in [0.5, 0.6) is 0 Å². The van der Waals surface area contributed by atoms with Crippen molar-refractivity contribution in [3.63, 3.8) is 0 Å². The molecule has 1 N–H and O–H groups in total. The van der Waals surface area contributed by atoms with Gasteiger partial charge in [0.1, 0.15) is 0 Å². The van der Waals surface area contributed by atoms with Crippen LogP contribution in [0, 0.1) is 5.92 Å². The summed E-state index contributed by atoms with van der Waals surface area (Å²) in [6.45, 7) is 2.21. The number of nitrogens with one attached hydrogen (secondary N) is 1. The first-order chi connectivity index (χ1) is 9.55. The maximum atomic E-state index is 12.8. The van der Waals surface area contributed by atoms with Gasteiger partial charge < -0.3 is 10.2 Å². The smallest absolute Gasteiger partial charge is 0.315 e. The fourth-order valence-electron chi connectivity index (χ4n) is 2.55. The largest absolute Gasteiger partial charge is 0.394 e. The van der Waals surface area contributed by atoms with E-state index < -0.39 is 12.1 Å². The molecule has 1 heterocycles. The Labute approximate surface area is 118 Å². The SMILES string of the molecule is FC(F)(F)C1CNCCN(CCCc2ccccc2)C1. The minimum atomic E-state index is -4.10. The summed E-state index contributed by atoms with van der Waals surface area (Å²) in [7, 11) is 0. The van der Waals surface area contributed by atoms with E-state index in [0.29, 0.717) is 13.1 Å². The number of nitrogens with zero attached hydrogens (tertiary/aromatic N) is 1. The topological polar surface area (TPSA) is 15.3 Å². The van der Waals surface area contributed by atoms with Crippen LogP contribution in [0.3, 0.4) is 0 Å². The van der Waals surface area contributed by atoms with E-state index in [9.17, 15) is 13.2 Å². The molecule has 0 bridgehead atoms. The van der Waals surface area contributed by atoms with Crippen LogP contribution in [-0.4, -0.2) is 43.8 Å². The Bertz CT molecular complexity index is 392. The van der Waals surface area contributed by atoms with Crippen LogP contribution < -0.4 is 5.32 Å². The first-order valence-corrected chi connectivity index (χ1v) is 7.09. The van der Waals surface area contributed by atoms with Crippen molar-refractivity contribution in [1.82, 2.24) is 10.2 Å². The third-order valence-corrected chi connectivity index (χ3v) is 3.72. The van der Waals surface area contributed by atoms with Crippen molar-refractivity contribution in [2.45, 2.75) is 19.0 Å². The minimum absolute atomic E-state index is 0.0404. The summed E-state index contributed by atoms with van der Waals surface area (Å²) >= 11 is 0.